The summed E-state index contributed by atoms with van der Waals surface area (Å²) >= 11 is 0. The van der Waals surface area contributed by atoms with Gasteiger partial charge in [-0.2, -0.15) is 4.98 Å². The molecule has 0 saturated carbocycles. The van der Waals surface area contributed by atoms with E-state index in [1.165, 1.54) is 5.56 Å². The lowest BCUT2D eigenvalue weighted by atomic mass is 10.1. The lowest BCUT2D eigenvalue weighted by Gasteiger charge is -1.95. The van der Waals surface area contributed by atoms with E-state index in [1.807, 2.05) is 18.2 Å². The fourth-order valence-electron chi connectivity index (χ4n) is 1.74. The zero-order valence-corrected chi connectivity index (χ0v) is 9.09. The topological polar surface area (TPSA) is 80.5 Å². The molecule has 5 nitrogen and oxygen atoms in total. The lowest BCUT2D eigenvalue weighted by molar-refractivity contribution is 1.03. The number of hydrogen-bond acceptors (Lipinski definition) is 4. The second-order valence-electron chi connectivity index (χ2n) is 3.81. The Kier molecular flexibility index (Phi) is 2.22. The van der Waals surface area contributed by atoms with Gasteiger partial charge in [-0.05, 0) is 5.56 Å². The minimum absolute atomic E-state index is 0.246. The maximum absolute atomic E-state index is 5.51. The Morgan fingerprint density at radius 1 is 1.12 bits per heavy atom. The second-order valence-corrected chi connectivity index (χ2v) is 3.81. The molecule has 17 heavy (non-hydrogen) atoms. The standard InChI is InChI=1S/C12H11N5/c13-12-14-7-9-11(17-12)16-10(15-9)6-8-4-2-1-3-5-8/h1-5,7H,6H2,(H3,13,14,15,16,17). The van der Waals surface area contributed by atoms with Crippen LogP contribution < -0.4 is 5.73 Å². The van der Waals surface area contributed by atoms with Crippen LogP contribution in [0.5, 0.6) is 0 Å². The van der Waals surface area contributed by atoms with Crippen LogP contribution in [0.15, 0.2) is 36.5 Å². The summed E-state index contributed by atoms with van der Waals surface area (Å²) in [6.45, 7) is 0. The number of rotatable bonds is 2. The number of nitrogens with zero attached hydrogens (tertiary/aromatic N) is 3. The number of nitrogens with one attached hydrogen (secondary N) is 1. The minimum Gasteiger partial charge on any atom is -0.368 e. The third kappa shape index (κ3) is 1.94. The molecule has 3 rings (SSSR count). The van der Waals surface area contributed by atoms with E-state index in [1.54, 1.807) is 6.20 Å². The van der Waals surface area contributed by atoms with E-state index in [4.69, 9.17) is 5.73 Å². The molecule has 0 spiro atoms. The first kappa shape index (κ1) is 9.77. The molecule has 1 aromatic carbocycles. The fraction of sp³-hybridized carbons (Fsp3) is 0.0833. The molecule has 0 atom stereocenters. The Labute approximate surface area is 97.7 Å². The molecule has 0 saturated heterocycles. The van der Waals surface area contributed by atoms with Gasteiger partial charge in [-0.1, -0.05) is 30.3 Å². The summed E-state index contributed by atoms with van der Waals surface area (Å²) < 4.78 is 0. The molecule has 0 amide bonds. The van der Waals surface area contributed by atoms with Crippen molar-refractivity contribution in [2.45, 2.75) is 6.42 Å². The monoisotopic (exact) mass is 225 g/mol. The fourth-order valence-corrected chi connectivity index (χ4v) is 1.74. The van der Waals surface area contributed by atoms with Gasteiger partial charge >= 0.3 is 0 Å². The lowest BCUT2D eigenvalue weighted by Crippen LogP contribution is -1.93. The Balaban J connectivity index is 1.96. The first-order valence-corrected chi connectivity index (χ1v) is 5.32. The van der Waals surface area contributed by atoms with Crippen LogP contribution in [0.25, 0.3) is 11.2 Å². The number of fused-ring (bicyclic) bond motifs is 1. The number of aromatic nitrogens is 4. The molecule has 3 aromatic rings. The predicted molar refractivity (Wildman–Crippen MR) is 65.3 cm³/mol. The summed E-state index contributed by atoms with van der Waals surface area (Å²) in [5.41, 5.74) is 8.14. The van der Waals surface area contributed by atoms with Crippen LogP contribution >= 0.6 is 0 Å². The number of anilines is 1. The van der Waals surface area contributed by atoms with Crippen LogP contribution in [0.1, 0.15) is 11.4 Å². The third-order valence-electron chi connectivity index (χ3n) is 2.52. The summed E-state index contributed by atoms with van der Waals surface area (Å²) in [5, 5.41) is 0. The van der Waals surface area contributed by atoms with Crippen LogP contribution in [0.4, 0.5) is 5.95 Å². The molecular weight excluding hydrogens is 214 g/mol. The van der Waals surface area contributed by atoms with Gasteiger partial charge in [-0.25, -0.2) is 9.97 Å². The van der Waals surface area contributed by atoms with Gasteiger partial charge in [0.25, 0.3) is 0 Å². The van der Waals surface area contributed by atoms with Crippen molar-refractivity contribution in [1.82, 2.24) is 19.9 Å². The number of aromatic amines is 1. The van der Waals surface area contributed by atoms with E-state index in [9.17, 15) is 0 Å². The molecule has 84 valence electrons. The number of H-pyrrole nitrogens is 1. The smallest absolute Gasteiger partial charge is 0.222 e. The van der Waals surface area contributed by atoms with Crippen LogP contribution in [0, 0.1) is 0 Å². The van der Waals surface area contributed by atoms with Crippen LogP contribution in [0.2, 0.25) is 0 Å². The number of hydrogen-bond donors (Lipinski definition) is 2. The van der Waals surface area contributed by atoms with Gasteiger partial charge in [-0.15, -0.1) is 0 Å². The van der Waals surface area contributed by atoms with Crippen LogP contribution in [-0.4, -0.2) is 19.9 Å². The van der Waals surface area contributed by atoms with Crippen LogP contribution in [0.3, 0.4) is 0 Å². The van der Waals surface area contributed by atoms with Crippen LogP contribution in [-0.2, 0) is 6.42 Å². The first-order chi connectivity index (χ1) is 8.31. The molecule has 5 heteroatoms. The average molecular weight is 225 g/mol. The van der Waals surface area contributed by atoms with Crippen molar-refractivity contribution in [2.24, 2.45) is 0 Å². The Hall–Kier alpha value is -2.43. The highest BCUT2D eigenvalue weighted by atomic mass is 15.1. The second kappa shape index (κ2) is 3.86. The number of nitrogen functional groups attached to an aromatic ring is 1. The molecule has 2 heterocycles. The normalized spacial score (nSPS) is 10.8. The van der Waals surface area contributed by atoms with E-state index in [0.29, 0.717) is 5.65 Å². The molecule has 0 bridgehead atoms. The molecule has 0 aliphatic rings. The van der Waals surface area contributed by atoms with Crippen molar-refractivity contribution in [3.63, 3.8) is 0 Å². The molecule has 0 unspecified atom stereocenters. The Morgan fingerprint density at radius 3 is 2.76 bits per heavy atom. The van der Waals surface area contributed by atoms with Gasteiger partial charge in [-0.3, -0.25) is 0 Å². The zero-order chi connectivity index (χ0) is 11.7. The highest BCUT2D eigenvalue weighted by Crippen LogP contribution is 2.11. The molecule has 3 N–H and O–H groups in total. The molecular formula is C12H11N5. The summed E-state index contributed by atoms with van der Waals surface area (Å²) in [7, 11) is 0. The van der Waals surface area contributed by atoms with Gasteiger partial charge < -0.3 is 10.7 Å². The maximum Gasteiger partial charge on any atom is 0.222 e. The van der Waals surface area contributed by atoms with Crippen molar-refractivity contribution in [2.75, 3.05) is 5.73 Å². The highest BCUT2D eigenvalue weighted by Gasteiger charge is 2.05. The molecule has 0 aliphatic heterocycles. The quantitative estimate of drug-likeness (QED) is 0.693. The highest BCUT2D eigenvalue weighted by molar-refractivity contribution is 5.70. The van der Waals surface area contributed by atoms with Crippen molar-refractivity contribution in [3.05, 3.63) is 47.9 Å². The third-order valence-corrected chi connectivity index (χ3v) is 2.52. The predicted octanol–water partition coefficient (Wildman–Crippen LogP) is 1.53. The summed E-state index contributed by atoms with van der Waals surface area (Å²) in [6.07, 6.45) is 2.40. The first-order valence-electron chi connectivity index (χ1n) is 5.32. The van der Waals surface area contributed by atoms with E-state index < -0.39 is 0 Å². The largest absolute Gasteiger partial charge is 0.368 e. The number of benzene rings is 1. The van der Waals surface area contributed by atoms with E-state index >= 15 is 0 Å². The van der Waals surface area contributed by atoms with Crippen molar-refractivity contribution in [3.8, 4) is 0 Å². The molecule has 0 fully saturated rings. The molecule has 2 aromatic heterocycles. The van der Waals surface area contributed by atoms with Gasteiger partial charge in [0.15, 0.2) is 5.65 Å². The van der Waals surface area contributed by atoms with E-state index in [2.05, 4.69) is 32.1 Å². The molecule has 0 radical (unpaired) electrons. The van der Waals surface area contributed by atoms with E-state index in [-0.39, 0.29) is 5.95 Å². The Morgan fingerprint density at radius 2 is 1.94 bits per heavy atom. The Bertz CT molecular complexity index is 644. The van der Waals surface area contributed by atoms with Crippen molar-refractivity contribution < 1.29 is 0 Å². The average Bonchev–Trinajstić information content (AvgIpc) is 2.71. The summed E-state index contributed by atoms with van der Waals surface area (Å²) in [6, 6.07) is 10.1. The van der Waals surface area contributed by atoms with Gasteiger partial charge in [0.1, 0.15) is 11.3 Å². The molecule has 0 aliphatic carbocycles. The van der Waals surface area contributed by atoms with Gasteiger partial charge in [0.05, 0.1) is 6.20 Å². The van der Waals surface area contributed by atoms with E-state index in [0.717, 1.165) is 17.8 Å². The van der Waals surface area contributed by atoms with Gasteiger partial charge in [0.2, 0.25) is 5.95 Å². The SMILES string of the molecule is Nc1ncc2[nH]c(Cc3ccccc3)nc2n1. The van der Waals surface area contributed by atoms with Crippen molar-refractivity contribution >= 4 is 17.1 Å². The van der Waals surface area contributed by atoms with Gasteiger partial charge in [0, 0.05) is 6.42 Å². The van der Waals surface area contributed by atoms with Crippen molar-refractivity contribution in [1.29, 1.82) is 0 Å². The zero-order valence-electron chi connectivity index (χ0n) is 9.09. The minimum atomic E-state index is 0.246. The summed E-state index contributed by atoms with van der Waals surface area (Å²) in [5.74, 6) is 1.11. The maximum atomic E-state index is 5.51. The number of imidazole rings is 1. The summed E-state index contributed by atoms with van der Waals surface area (Å²) in [4.78, 5) is 15.5. The number of nitrogens with two attached hydrogens (primary N) is 1.